The molecule has 1 N–H and O–H groups in total. The van der Waals surface area contributed by atoms with Crippen molar-refractivity contribution in [3.05, 3.63) is 64.7 Å². The second-order valence-corrected chi connectivity index (χ2v) is 7.75. The summed E-state index contributed by atoms with van der Waals surface area (Å²) in [5.74, 6) is 0.628. The third kappa shape index (κ3) is 5.73. The minimum absolute atomic E-state index is 0.0140. The highest BCUT2D eigenvalue weighted by molar-refractivity contribution is 6.31. The molecule has 0 radical (unpaired) electrons. The number of carbonyl (C=O) groups excluding carboxylic acids is 1. The number of para-hydroxylation sites is 1. The van der Waals surface area contributed by atoms with E-state index in [-0.39, 0.29) is 18.6 Å². The quantitative estimate of drug-likeness (QED) is 0.728. The molecule has 1 atom stereocenters. The van der Waals surface area contributed by atoms with Crippen LogP contribution in [0.3, 0.4) is 0 Å². The molecular formula is C23H29ClN2O2. The van der Waals surface area contributed by atoms with Crippen LogP contribution in [-0.2, 0) is 4.79 Å². The van der Waals surface area contributed by atoms with Gasteiger partial charge in [-0.3, -0.25) is 9.69 Å². The van der Waals surface area contributed by atoms with Gasteiger partial charge in [0.05, 0.1) is 6.04 Å². The third-order valence-electron chi connectivity index (χ3n) is 5.29. The van der Waals surface area contributed by atoms with Crippen molar-refractivity contribution in [2.75, 3.05) is 26.2 Å². The molecule has 1 saturated heterocycles. The molecule has 1 amide bonds. The maximum absolute atomic E-state index is 12.4. The zero-order chi connectivity index (χ0) is 19.8. The normalized spacial score (nSPS) is 16.2. The van der Waals surface area contributed by atoms with E-state index in [0.717, 1.165) is 35.0 Å². The number of nitrogens with one attached hydrogen (secondary N) is 1. The summed E-state index contributed by atoms with van der Waals surface area (Å²) in [5, 5.41) is 3.80. The number of amides is 1. The summed E-state index contributed by atoms with van der Waals surface area (Å²) in [4.78, 5) is 14.9. The first-order valence-electron chi connectivity index (χ1n) is 10.1. The monoisotopic (exact) mass is 400 g/mol. The molecule has 5 heteroatoms. The molecule has 1 unspecified atom stereocenters. The fraction of sp³-hybridized carbons (Fsp3) is 0.435. The number of hydrogen-bond donors (Lipinski definition) is 1. The van der Waals surface area contributed by atoms with Gasteiger partial charge in [-0.25, -0.2) is 0 Å². The maximum atomic E-state index is 12.4. The molecule has 0 saturated carbocycles. The van der Waals surface area contributed by atoms with Gasteiger partial charge in [0.1, 0.15) is 5.75 Å². The number of aryl methyl sites for hydroxylation is 1. The summed E-state index contributed by atoms with van der Waals surface area (Å²) in [6.07, 6.45) is 4.90. The van der Waals surface area contributed by atoms with Gasteiger partial charge >= 0.3 is 0 Å². The first kappa shape index (κ1) is 20.7. The highest BCUT2D eigenvalue weighted by Crippen LogP contribution is 2.29. The molecule has 1 heterocycles. The van der Waals surface area contributed by atoms with E-state index in [4.69, 9.17) is 16.3 Å². The minimum atomic E-state index is -0.116. The molecule has 1 aliphatic heterocycles. The SMILES string of the molecule is Cc1ccccc1OCC(=O)NCC(c1ccccc1Cl)N1CCCCCC1. The number of hydrogen-bond acceptors (Lipinski definition) is 3. The Bertz CT molecular complexity index is 773. The van der Waals surface area contributed by atoms with Crippen LogP contribution in [0.4, 0.5) is 0 Å². The summed E-state index contributed by atoms with van der Waals surface area (Å²) in [7, 11) is 0. The van der Waals surface area contributed by atoms with Crippen molar-refractivity contribution in [1.29, 1.82) is 0 Å². The van der Waals surface area contributed by atoms with Crippen LogP contribution in [0.15, 0.2) is 48.5 Å². The number of halogens is 1. The first-order chi connectivity index (χ1) is 13.6. The lowest BCUT2D eigenvalue weighted by Crippen LogP contribution is -2.40. The lowest BCUT2D eigenvalue weighted by Gasteiger charge is -2.31. The summed E-state index contributed by atoms with van der Waals surface area (Å²) in [6, 6.07) is 15.7. The van der Waals surface area contributed by atoms with Gasteiger partial charge in [-0.05, 0) is 56.1 Å². The summed E-state index contributed by atoms with van der Waals surface area (Å²) < 4.78 is 5.67. The molecule has 2 aromatic carbocycles. The minimum Gasteiger partial charge on any atom is -0.484 e. The Hall–Kier alpha value is -2.04. The van der Waals surface area contributed by atoms with Crippen molar-refractivity contribution in [3.8, 4) is 5.75 Å². The van der Waals surface area contributed by atoms with E-state index >= 15 is 0 Å². The molecule has 0 spiro atoms. The van der Waals surface area contributed by atoms with Gasteiger partial charge in [-0.2, -0.15) is 0 Å². The van der Waals surface area contributed by atoms with E-state index in [1.807, 2.05) is 49.4 Å². The molecule has 0 bridgehead atoms. The van der Waals surface area contributed by atoms with Crippen LogP contribution in [0.2, 0.25) is 5.02 Å². The predicted octanol–water partition coefficient (Wildman–Crippen LogP) is 4.76. The Morgan fingerprint density at radius 2 is 1.75 bits per heavy atom. The molecule has 1 aliphatic rings. The topological polar surface area (TPSA) is 41.6 Å². The number of nitrogens with zero attached hydrogens (tertiary/aromatic N) is 1. The smallest absolute Gasteiger partial charge is 0.258 e. The van der Waals surface area contributed by atoms with E-state index in [1.165, 1.54) is 25.7 Å². The fourth-order valence-electron chi connectivity index (χ4n) is 3.71. The van der Waals surface area contributed by atoms with Crippen molar-refractivity contribution in [2.45, 2.75) is 38.6 Å². The number of rotatable bonds is 7. The second-order valence-electron chi connectivity index (χ2n) is 7.35. The Labute approximate surface area is 172 Å². The molecule has 28 heavy (non-hydrogen) atoms. The molecule has 0 aliphatic carbocycles. The molecule has 2 aromatic rings. The van der Waals surface area contributed by atoms with Crippen molar-refractivity contribution in [2.24, 2.45) is 0 Å². The van der Waals surface area contributed by atoms with Crippen LogP contribution in [0.1, 0.15) is 42.9 Å². The van der Waals surface area contributed by atoms with E-state index in [0.29, 0.717) is 6.54 Å². The Morgan fingerprint density at radius 3 is 2.46 bits per heavy atom. The van der Waals surface area contributed by atoms with Crippen LogP contribution in [0, 0.1) is 6.92 Å². The van der Waals surface area contributed by atoms with Crippen molar-refractivity contribution in [3.63, 3.8) is 0 Å². The first-order valence-corrected chi connectivity index (χ1v) is 10.5. The van der Waals surface area contributed by atoms with E-state index in [1.54, 1.807) is 0 Å². The number of likely N-dealkylation sites (tertiary alicyclic amines) is 1. The van der Waals surface area contributed by atoms with Gasteiger partial charge in [0, 0.05) is 11.6 Å². The van der Waals surface area contributed by atoms with E-state index < -0.39 is 0 Å². The zero-order valence-corrected chi connectivity index (χ0v) is 17.3. The van der Waals surface area contributed by atoms with Gasteiger partial charge < -0.3 is 10.1 Å². The number of benzene rings is 2. The highest BCUT2D eigenvalue weighted by Gasteiger charge is 2.24. The molecule has 0 aromatic heterocycles. The lowest BCUT2D eigenvalue weighted by molar-refractivity contribution is -0.123. The van der Waals surface area contributed by atoms with Crippen molar-refractivity contribution >= 4 is 17.5 Å². The number of ether oxygens (including phenoxy) is 1. The predicted molar refractivity (Wildman–Crippen MR) is 114 cm³/mol. The molecule has 3 rings (SSSR count). The van der Waals surface area contributed by atoms with Crippen molar-refractivity contribution in [1.82, 2.24) is 10.2 Å². The van der Waals surface area contributed by atoms with Crippen LogP contribution in [0.5, 0.6) is 5.75 Å². The summed E-state index contributed by atoms with van der Waals surface area (Å²) in [6.45, 7) is 4.58. The van der Waals surface area contributed by atoms with Crippen LogP contribution < -0.4 is 10.1 Å². The fourth-order valence-corrected chi connectivity index (χ4v) is 3.97. The van der Waals surface area contributed by atoms with Crippen molar-refractivity contribution < 1.29 is 9.53 Å². The lowest BCUT2D eigenvalue weighted by atomic mass is 10.0. The Kier molecular flexibility index (Phi) is 7.75. The second kappa shape index (κ2) is 10.5. The van der Waals surface area contributed by atoms with Gasteiger partial charge in [-0.15, -0.1) is 0 Å². The molecular weight excluding hydrogens is 372 g/mol. The molecule has 4 nitrogen and oxygen atoms in total. The third-order valence-corrected chi connectivity index (χ3v) is 5.63. The highest BCUT2D eigenvalue weighted by atomic mass is 35.5. The van der Waals surface area contributed by atoms with E-state index in [9.17, 15) is 4.79 Å². The van der Waals surface area contributed by atoms with Gasteiger partial charge in [0.25, 0.3) is 5.91 Å². The van der Waals surface area contributed by atoms with Gasteiger partial charge in [0.2, 0.25) is 0 Å². The van der Waals surface area contributed by atoms with Crippen LogP contribution in [-0.4, -0.2) is 37.0 Å². The van der Waals surface area contributed by atoms with Gasteiger partial charge in [-0.1, -0.05) is 60.8 Å². The Balaban J connectivity index is 1.63. The average molecular weight is 401 g/mol. The van der Waals surface area contributed by atoms with E-state index in [2.05, 4.69) is 16.3 Å². The van der Waals surface area contributed by atoms with Crippen LogP contribution >= 0.6 is 11.6 Å². The molecule has 150 valence electrons. The maximum Gasteiger partial charge on any atom is 0.258 e. The summed E-state index contributed by atoms with van der Waals surface area (Å²) in [5.41, 5.74) is 2.10. The average Bonchev–Trinajstić information content (AvgIpc) is 2.98. The van der Waals surface area contributed by atoms with Gasteiger partial charge in [0.15, 0.2) is 6.61 Å². The Morgan fingerprint density at radius 1 is 1.07 bits per heavy atom. The largest absolute Gasteiger partial charge is 0.484 e. The van der Waals surface area contributed by atoms with Crippen LogP contribution in [0.25, 0.3) is 0 Å². The standard InChI is InChI=1S/C23H29ClN2O2/c1-18-10-4-7-13-22(18)28-17-23(27)25-16-21(19-11-5-6-12-20(19)24)26-14-8-2-3-9-15-26/h4-7,10-13,21H,2-3,8-9,14-17H2,1H3,(H,25,27). The molecule has 1 fully saturated rings. The summed E-state index contributed by atoms with van der Waals surface area (Å²) >= 11 is 6.49. The zero-order valence-electron chi connectivity index (χ0n) is 16.5. The number of carbonyl (C=O) groups is 1.